The number of halogens is 2. The predicted octanol–water partition coefficient (Wildman–Crippen LogP) is 3.96. The zero-order chi connectivity index (χ0) is 19.7. The second kappa shape index (κ2) is 7.24. The molecule has 28 heavy (non-hydrogen) atoms. The number of hydrogen-bond donors (Lipinski definition) is 1. The van der Waals surface area contributed by atoms with Crippen LogP contribution in [-0.4, -0.2) is 16.0 Å². The van der Waals surface area contributed by atoms with Crippen molar-refractivity contribution in [2.75, 3.05) is 0 Å². The van der Waals surface area contributed by atoms with Gasteiger partial charge in [-0.25, -0.2) is 13.8 Å². The number of benzene rings is 2. The summed E-state index contributed by atoms with van der Waals surface area (Å²) in [7, 11) is 0. The van der Waals surface area contributed by atoms with E-state index in [0.717, 1.165) is 30.5 Å². The summed E-state index contributed by atoms with van der Waals surface area (Å²) >= 11 is 0. The Balaban J connectivity index is 1.53. The van der Waals surface area contributed by atoms with Gasteiger partial charge in [-0.15, -0.1) is 0 Å². The van der Waals surface area contributed by atoms with Crippen molar-refractivity contribution in [2.45, 2.75) is 19.4 Å². The van der Waals surface area contributed by atoms with Crippen molar-refractivity contribution in [3.8, 4) is 17.2 Å². The molecule has 2 heterocycles. The van der Waals surface area contributed by atoms with E-state index >= 15 is 0 Å². The van der Waals surface area contributed by atoms with Gasteiger partial charge >= 0.3 is 0 Å². The van der Waals surface area contributed by atoms with E-state index in [1.165, 1.54) is 6.07 Å². The molecule has 0 fully saturated rings. The first-order chi connectivity index (χ1) is 13.5. The number of aromatic amines is 1. The fraction of sp³-hybridized carbons (Fsp3) is 0.190. The molecule has 5 nitrogen and oxygen atoms in total. The molecule has 140 valence electrons. The number of rotatable bonds is 4. The maximum Gasteiger partial charge on any atom is 0.274 e. The van der Waals surface area contributed by atoms with Gasteiger partial charge in [0.25, 0.3) is 5.56 Å². The third kappa shape index (κ3) is 3.37. The molecule has 1 N–H and O–H groups in total. The van der Waals surface area contributed by atoms with Crippen LogP contribution in [0.5, 0.6) is 0 Å². The van der Waals surface area contributed by atoms with E-state index in [4.69, 9.17) is 5.26 Å². The van der Waals surface area contributed by atoms with Crippen LogP contribution < -0.4 is 5.56 Å². The fourth-order valence-corrected chi connectivity index (χ4v) is 3.39. The monoisotopic (exact) mass is 378 g/mol. The molecule has 2 aromatic carbocycles. The van der Waals surface area contributed by atoms with Gasteiger partial charge in [-0.2, -0.15) is 5.26 Å². The van der Waals surface area contributed by atoms with Crippen LogP contribution in [0.25, 0.3) is 11.1 Å². The lowest BCUT2D eigenvalue weighted by molar-refractivity contribution is 0.482. The molecule has 1 aliphatic rings. The van der Waals surface area contributed by atoms with Crippen LogP contribution in [0, 0.1) is 28.9 Å². The number of fused-ring (bicyclic) bond motifs is 1. The second-order valence-corrected chi connectivity index (χ2v) is 6.76. The smallest absolute Gasteiger partial charge is 0.267 e. The van der Waals surface area contributed by atoms with Crippen molar-refractivity contribution in [2.24, 2.45) is 10.9 Å². The lowest BCUT2D eigenvalue weighted by atomic mass is 9.98. The van der Waals surface area contributed by atoms with Crippen LogP contribution in [0.15, 0.2) is 52.3 Å². The molecule has 3 aromatic rings. The van der Waals surface area contributed by atoms with Crippen LogP contribution in [0.4, 0.5) is 14.6 Å². The van der Waals surface area contributed by atoms with Crippen molar-refractivity contribution in [3.63, 3.8) is 0 Å². The van der Waals surface area contributed by atoms with Gasteiger partial charge in [0, 0.05) is 30.3 Å². The van der Waals surface area contributed by atoms with Crippen molar-refractivity contribution < 1.29 is 8.78 Å². The summed E-state index contributed by atoms with van der Waals surface area (Å²) < 4.78 is 28.9. The highest BCUT2D eigenvalue weighted by Gasteiger charge is 2.23. The molecule has 4 rings (SSSR count). The molecule has 0 amide bonds. The molecule has 1 aromatic heterocycles. The fourth-order valence-electron chi connectivity index (χ4n) is 3.39. The van der Waals surface area contributed by atoms with Gasteiger partial charge in [0.05, 0.1) is 17.2 Å². The predicted molar refractivity (Wildman–Crippen MR) is 102 cm³/mol. The summed E-state index contributed by atoms with van der Waals surface area (Å²) in [4.78, 5) is 16.7. The maximum atomic E-state index is 14.1. The number of aliphatic imine (C=N–C) groups is 1. The molecule has 1 atom stereocenters. The Morgan fingerprint density at radius 2 is 2.00 bits per heavy atom. The van der Waals surface area contributed by atoms with Gasteiger partial charge in [0.1, 0.15) is 11.6 Å². The Hall–Kier alpha value is -3.53. The lowest BCUT2D eigenvalue weighted by Crippen LogP contribution is -2.18. The van der Waals surface area contributed by atoms with E-state index in [-0.39, 0.29) is 17.0 Å². The summed E-state index contributed by atoms with van der Waals surface area (Å²) in [5, 5.41) is 11.6. The second-order valence-electron chi connectivity index (χ2n) is 6.76. The van der Waals surface area contributed by atoms with Crippen LogP contribution >= 0.6 is 0 Å². The number of nitrogens with zero attached hydrogens (tertiary/aromatic N) is 3. The molecule has 0 bridgehead atoms. The standard InChI is InChI=1S/C21H16F2N4O/c22-16-7-8-17(18(23)9-16)19-20-25-11-15(12-27(20)26-21(19)28)6-3-13-1-4-14(10-24)5-2-13/h1-2,4-5,7-9,11,15H,3,6,12H2,(H,26,28). The summed E-state index contributed by atoms with van der Waals surface area (Å²) in [6, 6.07) is 12.7. The number of H-pyrrole nitrogens is 1. The molecule has 7 heteroatoms. The van der Waals surface area contributed by atoms with E-state index in [1.807, 2.05) is 12.1 Å². The molecular weight excluding hydrogens is 362 g/mol. The van der Waals surface area contributed by atoms with Crippen LogP contribution in [0.3, 0.4) is 0 Å². The Labute approximate surface area is 159 Å². The number of hydrogen-bond acceptors (Lipinski definition) is 3. The minimum absolute atomic E-state index is 0.0320. The van der Waals surface area contributed by atoms with Crippen molar-refractivity contribution in [1.82, 2.24) is 9.78 Å². The van der Waals surface area contributed by atoms with Gasteiger partial charge in [0.15, 0.2) is 5.82 Å². The van der Waals surface area contributed by atoms with Crippen molar-refractivity contribution >= 4 is 12.0 Å². The first-order valence-electron chi connectivity index (χ1n) is 8.86. The summed E-state index contributed by atoms with van der Waals surface area (Å²) in [6.07, 6.45) is 3.40. The Kier molecular flexibility index (Phi) is 4.62. The van der Waals surface area contributed by atoms with E-state index in [2.05, 4.69) is 16.2 Å². The third-order valence-electron chi connectivity index (χ3n) is 4.85. The normalized spacial score (nSPS) is 15.2. The number of nitriles is 1. The highest BCUT2D eigenvalue weighted by Crippen LogP contribution is 2.32. The van der Waals surface area contributed by atoms with Gasteiger partial charge in [-0.05, 0) is 42.7 Å². The molecule has 0 saturated carbocycles. The summed E-state index contributed by atoms with van der Waals surface area (Å²) in [6.45, 7) is 0.521. The maximum absolute atomic E-state index is 14.1. The first kappa shape index (κ1) is 17.9. The molecule has 0 saturated heterocycles. The zero-order valence-corrected chi connectivity index (χ0v) is 14.8. The Morgan fingerprint density at radius 3 is 2.71 bits per heavy atom. The molecule has 0 radical (unpaired) electrons. The molecule has 0 aliphatic carbocycles. The lowest BCUT2D eigenvalue weighted by Gasteiger charge is -2.18. The molecule has 1 unspecified atom stereocenters. The number of aryl methyl sites for hydroxylation is 1. The average Bonchev–Trinajstić information content (AvgIpc) is 3.02. The SMILES string of the molecule is N#Cc1ccc(CCC2C=Nc3c(-c4ccc(F)cc4F)c(=O)[nH]n3C2)cc1. The number of nitrogens with one attached hydrogen (secondary N) is 1. The summed E-state index contributed by atoms with van der Waals surface area (Å²) in [5.41, 5.74) is 1.43. The molecule has 1 aliphatic heterocycles. The van der Waals surface area contributed by atoms with E-state index in [9.17, 15) is 13.6 Å². The van der Waals surface area contributed by atoms with Crippen molar-refractivity contribution in [1.29, 1.82) is 5.26 Å². The quantitative estimate of drug-likeness (QED) is 0.746. The Bertz CT molecular complexity index is 1150. The van der Waals surface area contributed by atoms with Gasteiger partial charge in [0.2, 0.25) is 0 Å². The zero-order valence-electron chi connectivity index (χ0n) is 14.8. The average molecular weight is 378 g/mol. The third-order valence-corrected chi connectivity index (χ3v) is 4.85. The highest BCUT2D eigenvalue weighted by atomic mass is 19.1. The van der Waals surface area contributed by atoms with Crippen LogP contribution in [-0.2, 0) is 13.0 Å². The van der Waals surface area contributed by atoms with Gasteiger partial charge in [-0.3, -0.25) is 14.6 Å². The van der Waals surface area contributed by atoms with E-state index in [1.54, 1.807) is 23.0 Å². The van der Waals surface area contributed by atoms with Gasteiger partial charge < -0.3 is 0 Å². The van der Waals surface area contributed by atoms with Crippen molar-refractivity contribution in [3.05, 3.63) is 75.6 Å². The van der Waals surface area contributed by atoms with E-state index < -0.39 is 17.2 Å². The summed E-state index contributed by atoms with van der Waals surface area (Å²) in [5.74, 6) is -1.03. The minimum atomic E-state index is -0.794. The largest absolute Gasteiger partial charge is 0.274 e. The van der Waals surface area contributed by atoms with Gasteiger partial charge in [-0.1, -0.05) is 12.1 Å². The topological polar surface area (TPSA) is 73.9 Å². The highest BCUT2D eigenvalue weighted by molar-refractivity contribution is 5.78. The molecule has 0 spiro atoms. The first-order valence-corrected chi connectivity index (χ1v) is 8.86. The minimum Gasteiger partial charge on any atom is -0.267 e. The molecular formula is C21H16F2N4O. The number of aromatic nitrogens is 2. The van der Waals surface area contributed by atoms with Crippen LogP contribution in [0.1, 0.15) is 17.5 Å². The van der Waals surface area contributed by atoms with E-state index in [0.29, 0.717) is 17.9 Å². The Morgan fingerprint density at radius 1 is 1.21 bits per heavy atom. The van der Waals surface area contributed by atoms with Crippen LogP contribution in [0.2, 0.25) is 0 Å².